The van der Waals surface area contributed by atoms with E-state index in [1.807, 2.05) is 42.5 Å². The SMILES string of the molecule is O=C(c1cc(COc2ccccc2)on1)N1CCC(Oc2ccc(Cl)cc2)CC1. The number of halogens is 1. The van der Waals surface area contributed by atoms with Gasteiger partial charge in [-0.2, -0.15) is 0 Å². The summed E-state index contributed by atoms with van der Waals surface area (Å²) >= 11 is 5.90. The van der Waals surface area contributed by atoms with E-state index in [9.17, 15) is 4.79 Å². The molecule has 6 nitrogen and oxygen atoms in total. The second-order valence-corrected chi connectivity index (χ2v) is 7.28. The third-order valence-corrected chi connectivity index (χ3v) is 5.00. The molecule has 2 heterocycles. The van der Waals surface area contributed by atoms with Crippen molar-refractivity contribution in [3.05, 3.63) is 77.1 Å². The molecule has 0 unspecified atom stereocenters. The van der Waals surface area contributed by atoms with E-state index in [1.54, 1.807) is 23.1 Å². The monoisotopic (exact) mass is 412 g/mol. The normalized spacial score (nSPS) is 14.6. The van der Waals surface area contributed by atoms with Crippen LogP contribution in [-0.4, -0.2) is 35.2 Å². The third kappa shape index (κ3) is 5.09. The van der Waals surface area contributed by atoms with Gasteiger partial charge in [-0.3, -0.25) is 4.79 Å². The number of hydrogen-bond donors (Lipinski definition) is 0. The molecule has 3 aromatic rings. The first-order valence-corrected chi connectivity index (χ1v) is 9.90. The van der Waals surface area contributed by atoms with Crippen LogP contribution in [0.25, 0.3) is 0 Å². The highest BCUT2D eigenvalue weighted by Crippen LogP contribution is 2.22. The van der Waals surface area contributed by atoms with E-state index in [-0.39, 0.29) is 18.6 Å². The predicted octanol–water partition coefficient (Wildman–Crippen LogP) is 4.59. The van der Waals surface area contributed by atoms with Gasteiger partial charge in [-0.1, -0.05) is 35.0 Å². The highest BCUT2D eigenvalue weighted by atomic mass is 35.5. The van der Waals surface area contributed by atoms with Crippen molar-refractivity contribution in [2.75, 3.05) is 13.1 Å². The second kappa shape index (κ2) is 9.01. The number of carbonyl (C=O) groups is 1. The Morgan fingerprint density at radius 2 is 1.79 bits per heavy atom. The zero-order valence-corrected chi connectivity index (χ0v) is 16.5. The van der Waals surface area contributed by atoms with Gasteiger partial charge in [0.05, 0.1) is 0 Å². The number of benzene rings is 2. The number of likely N-dealkylation sites (tertiary alicyclic amines) is 1. The Labute approximate surface area is 174 Å². The summed E-state index contributed by atoms with van der Waals surface area (Å²) in [5.41, 5.74) is 0.300. The number of aromatic nitrogens is 1. The smallest absolute Gasteiger partial charge is 0.276 e. The first kappa shape index (κ1) is 19.3. The first-order valence-electron chi connectivity index (χ1n) is 9.52. The Balaban J connectivity index is 1.27. The molecule has 150 valence electrons. The van der Waals surface area contributed by atoms with Crippen LogP contribution < -0.4 is 9.47 Å². The van der Waals surface area contributed by atoms with E-state index in [1.165, 1.54) is 0 Å². The van der Waals surface area contributed by atoms with E-state index >= 15 is 0 Å². The largest absolute Gasteiger partial charge is 0.490 e. The first-order chi connectivity index (χ1) is 14.2. The minimum Gasteiger partial charge on any atom is -0.490 e. The molecule has 29 heavy (non-hydrogen) atoms. The van der Waals surface area contributed by atoms with Crippen molar-refractivity contribution in [1.29, 1.82) is 0 Å². The lowest BCUT2D eigenvalue weighted by atomic mass is 10.1. The average molecular weight is 413 g/mol. The molecule has 1 aromatic heterocycles. The van der Waals surface area contributed by atoms with Gasteiger partial charge in [0.1, 0.15) is 24.2 Å². The van der Waals surface area contributed by atoms with Crippen molar-refractivity contribution in [3.8, 4) is 11.5 Å². The summed E-state index contributed by atoms with van der Waals surface area (Å²) in [6.07, 6.45) is 1.60. The number of hydrogen-bond acceptors (Lipinski definition) is 5. The maximum absolute atomic E-state index is 12.7. The van der Waals surface area contributed by atoms with Gasteiger partial charge in [0, 0.05) is 37.0 Å². The number of rotatable bonds is 6. The Kier molecular flexibility index (Phi) is 6.00. The van der Waals surface area contributed by atoms with Crippen molar-refractivity contribution in [2.45, 2.75) is 25.6 Å². The quantitative estimate of drug-likeness (QED) is 0.592. The van der Waals surface area contributed by atoms with Crippen LogP contribution in [-0.2, 0) is 6.61 Å². The van der Waals surface area contributed by atoms with E-state index in [0.717, 1.165) is 24.3 Å². The van der Waals surface area contributed by atoms with Gasteiger partial charge < -0.3 is 18.9 Å². The van der Waals surface area contributed by atoms with Crippen LogP contribution in [0.1, 0.15) is 29.1 Å². The molecule has 0 radical (unpaired) electrons. The molecule has 0 spiro atoms. The van der Waals surface area contributed by atoms with Crippen molar-refractivity contribution >= 4 is 17.5 Å². The fourth-order valence-corrected chi connectivity index (χ4v) is 3.32. The fourth-order valence-electron chi connectivity index (χ4n) is 3.20. The molecule has 1 aliphatic heterocycles. The number of para-hydroxylation sites is 1. The highest BCUT2D eigenvalue weighted by molar-refractivity contribution is 6.30. The molecule has 1 saturated heterocycles. The van der Waals surface area contributed by atoms with Crippen LogP contribution in [0.4, 0.5) is 0 Å². The van der Waals surface area contributed by atoms with Gasteiger partial charge in [-0.05, 0) is 36.4 Å². The van der Waals surface area contributed by atoms with Crippen LogP contribution >= 0.6 is 11.6 Å². The van der Waals surface area contributed by atoms with Gasteiger partial charge in [-0.25, -0.2) is 0 Å². The summed E-state index contributed by atoms with van der Waals surface area (Å²) in [6, 6.07) is 18.4. The molecule has 4 rings (SSSR count). The van der Waals surface area contributed by atoms with Crippen LogP contribution in [0.3, 0.4) is 0 Å². The molecule has 7 heteroatoms. The molecule has 0 saturated carbocycles. The number of amides is 1. The Morgan fingerprint density at radius 3 is 2.52 bits per heavy atom. The second-order valence-electron chi connectivity index (χ2n) is 6.84. The Hall–Kier alpha value is -2.99. The molecule has 1 fully saturated rings. The molecule has 0 N–H and O–H groups in total. The number of piperidine rings is 1. The topological polar surface area (TPSA) is 64.8 Å². The van der Waals surface area contributed by atoms with Crippen LogP contribution in [0.5, 0.6) is 11.5 Å². The maximum atomic E-state index is 12.7. The minimum absolute atomic E-state index is 0.0763. The summed E-state index contributed by atoms with van der Waals surface area (Å²) in [4.78, 5) is 14.5. The number of ether oxygens (including phenoxy) is 2. The lowest BCUT2D eigenvalue weighted by Gasteiger charge is -2.31. The number of carbonyl (C=O) groups excluding carboxylic acids is 1. The van der Waals surface area contributed by atoms with Gasteiger partial charge in [0.15, 0.2) is 11.5 Å². The van der Waals surface area contributed by atoms with Crippen molar-refractivity contribution < 1.29 is 18.8 Å². The van der Waals surface area contributed by atoms with E-state index in [0.29, 0.717) is 29.6 Å². The summed E-state index contributed by atoms with van der Waals surface area (Å²) in [5.74, 6) is 1.90. The standard InChI is InChI=1S/C22H21ClN2O4/c23-16-6-8-18(9-7-16)28-19-10-12-25(13-11-19)22(26)21-14-20(29-24-21)15-27-17-4-2-1-3-5-17/h1-9,14,19H,10-13,15H2. The van der Waals surface area contributed by atoms with Crippen molar-refractivity contribution in [1.82, 2.24) is 10.1 Å². The zero-order valence-electron chi connectivity index (χ0n) is 15.8. The Bertz CT molecular complexity index is 935. The van der Waals surface area contributed by atoms with Crippen LogP contribution in [0.2, 0.25) is 5.02 Å². The third-order valence-electron chi connectivity index (χ3n) is 4.75. The van der Waals surface area contributed by atoms with Gasteiger partial charge in [-0.15, -0.1) is 0 Å². The molecular weight excluding hydrogens is 392 g/mol. The van der Waals surface area contributed by atoms with Crippen molar-refractivity contribution in [2.24, 2.45) is 0 Å². The fraction of sp³-hybridized carbons (Fsp3) is 0.273. The summed E-state index contributed by atoms with van der Waals surface area (Å²) in [7, 11) is 0. The lowest BCUT2D eigenvalue weighted by molar-refractivity contribution is 0.0586. The zero-order chi connectivity index (χ0) is 20.1. The van der Waals surface area contributed by atoms with Gasteiger partial charge in [0.2, 0.25) is 0 Å². The molecule has 1 aliphatic rings. The van der Waals surface area contributed by atoms with Crippen LogP contribution in [0.15, 0.2) is 65.2 Å². The molecule has 2 aromatic carbocycles. The lowest BCUT2D eigenvalue weighted by Crippen LogP contribution is -2.41. The van der Waals surface area contributed by atoms with E-state index in [4.69, 9.17) is 25.6 Å². The van der Waals surface area contributed by atoms with Crippen molar-refractivity contribution in [3.63, 3.8) is 0 Å². The van der Waals surface area contributed by atoms with Crippen LogP contribution in [0, 0.1) is 0 Å². The Morgan fingerprint density at radius 1 is 1.07 bits per heavy atom. The summed E-state index contributed by atoms with van der Waals surface area (Å²) in [6.45, 7) is 1.45. The summed E-state index contributed by atoms with van der Waals surface area (Å²) in [5, 5.41) is 4.59. The van der Waals surface area contributed by atoms with E-state index in [2.05, 4.69) is 5.16 Å². The molecule has 0 aliphatic carbocycles. The van der Waals surface area contributed by atoms with Gasteiger partial charge in [0.25, 0.3) is 5.91 Å². The predicted molar refractivity (Wildman–Crippen MR) is 108 cm³/mol. The summed E-state index contributed by atoms with van der Waals surface area (Å²) < 4.78 is 16.9. The molecule has 0 bridgehead atoms. The molecular formula is C22H21ClN2O4. The highest BCUT2D eigenvalue weighted by Gasteiger charge is 2.26. The number of nitrogens with zero attached hydrogens (tertiary/aromatic N) is 2. The maximum Gasteiger partial charge on any atom is 0.276 e. The van der Waals surface area contributed by atoms with Gasteiger partial charge >= 0.3 is 0 Å². The van der Waals surface area contributed by atoms with E-state index < -0.39 is 0 Å². The minimum atomic E-state index is -0.135. The average Bonchev–Trinajstić information content (AvgIpc) is 3.24. The molecule has 0 atom stereocenters. The molecule has 1 amide bonds.